The summed E-state index contributed by atoms with van der Waals surface area (Å²) in [5.41, 5.74) is 1.27. The number of pyridine rings is 1. The third kappa shape index (κ3) is 3.97. The summed E-state index contributed by atoms with van der Waals surface area (Å²) >= 11 is 0. The van der Waals surface area contributed by atoms with Crippen molar-refractivity contribution in [1.82, 2.24) is 25.2 Å². The van der Waals surface area contributed by atoms with Crippen LogP contribution in [-0.2, 0) is 11.3 Å². The van der Waals surface area contributed by atoms with E-state index in [9.17, 15) is 9.59 Å². The molecule has 0 aliphatic carbocycles. The first-order valence-corrected chi connectivity index (χ1v) is 8.10. The molecule has 3 heterocycles. The van der Waals surface area contributed by atoms with E-state index in [1.165, 1.54) is 18.6 Å². The number of rotatable bonds is 6. The van der Waals surface area contributed by atoms with Crippen LogP contribution in [-0.4, -0.2) is 32.4 Å². The molecule has 2 amide bonds. The number of aryl methyl sites for hydroxylation is 1. The zero-order valence-corrected chi connectivity index (χ0v) is 14.5. The Kier molecular flexibility index (Phi) is 5.12. The molecule has 3 aromatic rings. The van der Waals surface area contributed by atoms with Gasteiger partial charge >= 0.3 is 0 Å². The number of imidazole rings is 1. The van der Waals surface area contributed by atoms with Gasteiger partial charge in [-0.15, -0.1) is 0 Å². The molecule has 0 saturated carbocycles. The molecule has 0 spiro atoms. The molecule has 0 unspecified atom stereocenters. The molecule has 0 bridgehead atoms. The predicted octanol–water partition coefficient (Wildman–Crippen LogP) is 1.60. The van der Waals surface area contributed by atoms with E-state index >= 15 is 0 Å². The van der Waals surface area contributed by atoms with E-state index in [1.54, 1.807) is 19.3 Å². The van der Waals surface area contributed by atoms with Gasteiger partial charge in [0.25, 0.3) is 5.91 Å². The lowest BCUT2D eigenvalue weighted by Crippen LogP contribution is -2.44. The molecule has 0 aliphatic rings. The van der Waals surface area contributed by atoms with E-state index < -0.39 is 6.04 Å². The Hall–Kier alpha value is -3.42. The van der Waals surface area contributed by atoms with Gasteiger partial charge in [0, 0.05) is 25.1 Å². The Balaban J connectivity index is 1.57. The van der Waals surface area contributed by atoms with Gasteiger partial charge in [-0.1, -0.05) is 0 Å². The van der Waals surface area contributed by atoms with Crippen LogP contribution in [0.1, 0.15) is 28.7 Å². The van der Waals surface area contributed by atoms with Gasteiger partial charge in [0.15, 0.2) is 0 Å². The molecule has 0 saturated heterocycles. The average molecular weight is 353 g/mol. The van der Waals surface area contributed by atoms with Crippen molar-refractivity contribution >= 4 is 11.8 Å². The third-order valence-corrected chi connectivity index (χ3v) is 3.87. The van der Waals surface area contributed by atoms with Gasteiger partial charge < -0.3 is 15.1 Å². The molecule has 0 aromatic carbocycles. The van der Waals surface area contributed by atoms with Gasteiger partial charge in [0.05, 0.1) is 11.8 Å². The first-order valence-electron chi connectivity index (χ1n) is 8.10. The number of nitrogens with zero attached hydrogens (tertiary/aromatic N) is 3. The SMILES string of the molecule is Cc1nccn1-c1cc(CNC(=O)[C@@H](C)NC(=O)c2ccoc2)ccn1. The number of nitrogens with one attached hydrogen (secondary N) is 2. The zero-order chi connectivity index (χ0) is 18.5. The predicted molar refractivity (Wildman–Crippen MR) is 93.6 cm³/mol. The van der Waals surface area contributed by atoms with Crippen LogP contribution < -0.4 is 10.6 Å². The molecule has 1 atom stereocenters. The van der Waals surface area contributed by atoms with E-state index in [0.717, 1.165) is 17.2 Å². The highest BCUT2D eigenvalue weighted by Gasteiger charge is 2.17. The number of carbonyl (C=O) groups excluding carboxylic acids is 2. The van der Waals surface area contributed by atoms with Crippen molar-refractivity contribution in [3.63, 3.8) is 0 Å². The smallest absolute Gasteiger partial charge is 0.255 e. The van der Waals surface area contributed by atoms with Gasteiger partial charge in [-0.3, -0.25) is 14.2 Å². The van der Waals surface area contributed by atoms with E-state index in [4.69, 9.17) is 4.42 Å². The summed E-state index contributed by atoms with van der Waals surface area (Å²) in [6.07, 6.45) is 7.95. The number of amides is 2. The molecule has 0 radical (unpaired) electrons. The molecule has 0 fully saturated rings. The minimum Gasteiger partial charge on any atom is -0.472 e. The van der Waals surface area contributed by atoms with Crippen molar-refractivity contribution in [3.05, 3.63) is 66.3 Å². The second-order valence-electron chi connectivity index (χ2n) is 5.79. The summed E-state index contributed by atoms with van der Waals surface area (Å²) in [4.78, 5) is 32.6. The average Bonchev–Trinajstić information content (AvgIpc) is 3.31. The van der Waals surface area contributed by atoms with E-state index in [2.05, 4.69) is 20.6 Å². The van der Waals surface area contributed by atoms with Crippen molar-refractivity contribution in [2.24, 2.45) is 0 Å². The molecule has 3 aromatic heterocycles. The van der Waals surface area contributed by atoms with Crippen LogP contribution in [0, 0.1) is 6.92 Å². The van der Waals surface area contributed by atoms with Crippen molar-refractivity contribution in [3.8, 4) is 5.82 Å². The zero-order valence-electron chi connectivity index (χ0n) is 14.5. The Morgan fingerprint density at radius 3 is 2.81 bits per heavy atom. The fourth-order valence-electron chi connectivity index (χ4n) is 2.40. The Morgan fingerprint density at radius 1 is 1.27 bits per heavy atom. The number of hydrogen-bond donors (Lipinski definition) is 2. The standard InChI is InChI=1S/C18H19N5O3/c1-12(22-18(25)15-4-8-26-11-15)17(24)21-10-14-3-5-20-16(9-14)23-7-6-19-13(23)2/h3-9,11-12H,10H2,1-2H3,(H,21,24)(H,22,25)/t12-/m1/s1. The molecule has 134 valence electrons. The maximum absolute atomic E-state index is 12.2. The molecular formula is C18H19N5O3. The highest BCUT2D eigenvalue weighted by Crippen LogP contribution is 2.09. The highest BCUT2D eigenvalue weighted by molar-refractivity contribution is 5.97. The van der Waals surface area contributed by atoms with Gasteiger partial charge in [-0.05, 0) is 37.6 Å². The molecule has 26 heavy (non-hydrogen) atoms. The summed E-state index contributed by atoms with van der Waals surface area (Å²) in [6, 6.07) is 4.57. The Labute approximate surface area is 150 Å². The molecule has 0 aliphatic heterocycles. The van der Waals surface area contributed by atoms with E-state index in [1.807, 2.05) is 29.8 Å². The first-order chi connectivity index (χ1) is 12.5. The molecule has 8 nitrogen and oxygen atoms in total. The van der Waals surface area contributed by atoms with E-state index in [0.29, 0.717) is 12.1 Å². The lowest BCUT2D eigenvalue weighted by Gasteiger charge is -2.14. The van der Waals surface area contributed by atoms with Crippen molar-refractivity contribution in [2.75, 3.05) is 0 Å². The Bertz CT molecular complexity index is 901. The topological polar surface area (TPSA) is 102 Å². The molecule has 2 N–H and O–H groups in total. The summed E-state index contributed by atoms with van der Waals surface area (Å²) < 4.78 is 6.72. The second kappa shape index (κ2) is 7.64. The lowest BCUT2D eigenvalue weighted by atomic mass is 10.2. The van der Waals surface area contributed by atoms with Crippen molar-refractivity contribution < 1.29 is 14.0 Å². The quantitative estimate of drug-likeness (QED) is 0.701. The molecule has 3 rings (SSSR count). The maximum Gasteiger partial charge on any atom is 0.255 e. The monoisotopic (exact) mass is 353 g/mol. The van der Waals surface area contributed by atoms with Gasteiger partial charge in [0.2, 0.25) is 5.91 Å². The number of furan rings is 1. The van der Waals surface area contributed by atoms with Crippen LogP contribution >= 0.6 is 0 Å². The summed E-state index contributed by atoms with van der Waals surface area (Å²) in [7, 11) is 0. The van der Waals surface area contributed by atoms with Crippen LogP contribution in [0.2, 0.25) is 0 Å². The largest absolute Gasteiger partial charge is 0.472 e. The first kappa shape index (κ1) is 17.4. The minimum atomic E-state index is -0.672. The van der Waals surface area contributed by atoms with Crippen LogP contribution in [0.4, 0.5) is 0 Å². The van der Waals surface area contributed by atoms with Crippen molar-refractivity contribution in [1.29, 1.82) is 0 Å². The fraction of sp³-hybridized carbons (Fsp3) is 0.222. The van der Waals surface area contributed by atoms with Gasteiger partial charge in [-0.25, -0.2) is 9.97 Å². The minimum absolute atomic E-state index is 0.279. The third-order valence-electron chi connectivity index (χ3n) is 3.87. The van der Waals surface area contributed by atoms with Crippen LogP contribution in [0.25, 0.3) is 5.82 Å². The van der Waals surface area contributed by atoms with Crippen LogP contribution in [0.3, 0.4) is 0 Å². The van der Waals surface area contributed by atoms with E-state index in [-0.39, 0.29) is 11.8 Å². The van der Waals surface area contributed by atoms with Crippen molar-refractivity contribution in [2.45, 2.75) is 26.4 Å². The highest BCUT2D eigenvalue weighted by atomic mass is 16.3. The fourth-order valence-corrected chi connectivity index (χ4v) is 2.40. The van der Waals surface area contributed by atoms with Crippen LogP contribution in [0.15, 0.2) is 53.7 Å². The normalized spacial score (nSPS) is 11.8. The van der Waals surface area contributed by atoms with Gasteiger partial charge in [0.1, 0.15) is 23.9 Å². The number of aromatic nitrogens is 3. The number of carbonyl (C=O) groups is 2. The maximum atomic E-state index is 12.2. The molecular weight excluding hydrogens is 334 g/mol. The summed E-state index contributed by atoms with van der Waals surface area (Å²) in [6.45, 7) is 3.84. The number of hydrogen-bond acceptors (Lipinski definition) is 5. The van der Waals surface area contributed by atoms with Crippen LogP contribution in [0.5, 0.6) is 0 Å². The summed E-state index contributed by atoms with van der Waals surface area (Å²) in [5.74, 6) is 0.921. The molecule has 8 heteroatoms. The Morgan fingerprint density at radius 2 is 2.12 bits per heavy atom. The van der Waals surface area contributed by atoms with Gasteiger partial charge in [-0.2, -0.15) is 0 Å². The second-order valence-corrected chi connectivity index (χ2v) is 5.79. The lowest BCUT2D eigenvalue weighted by molar-refractivity contribution is -0.122. The summed E-state index contributed by atoms with van der Waals surface area (Å²) in [5, 5.41) is 5.43.